The number of rotatable bonds is 0. The van der Waals surface area contributed by atoms with E-state index in [1.807, 2.05) is 4.14 Å². The molecule has 0 N–H and O–H groups in total. The maximum Gasteiger partial charge on any atom is 0.225 e. The first-order chi connectivity index (χ1) is 6.36. The number of morpholine rings is 1. The second-order valence-electron chi connectivity index (χ2n) is 2.59. The number of aliphatic imine (C=N–C) groups is 2. The van der Waals surface area contributed by atoms with E-state index in [1.165, 1.54) is 0 Å². The molecule has 0 bridgehead atoms. The van der Waals surface area contributed by atoms with Crippen LogP contribution >= 0.6 is 32.3 Å². The van der Waals surface area contributed by atoms with E-state index in [0.29, 0.717) is 5.29 Å². The van der Waals surface area contributed by atoms with Crippen LogP contribution in [0.3, 0.4) is 0 Å². The van der Waals surface area contributed by atoms with E-state index in [0.717, 1.165) is 30.1 Å². The van der Waals surface area contributed by atoms with E-state index in [9.17, 15) is 0 Å². The zero-order valence-electron chi connectivity index (χ0n) is 6.91. The standard InChI is InChI=1S/C7H9ClIN3O/c8-6-10-5-9-7(11-6)12-1-3-13-4-2-12/h5H,1-4H2. The fourth-order valence-electron chi connectivity index (χ4n) is 1.13. The fraction of sp³-hybridized carbons (Fsp3) is 0.571. The van der Waals surface area contributed by atoms with Gasteiger partial charge in [0.2, 0.25) is 5.29 Å². The van der Waals surface area contributed by atoms with Gasteiger partial charge in [-0.2, -0.15) is 4.99 Å². The molecule has 0 saturated carbocycles. The Morgan fingerprint density at radius 3 is 2.92 bits per heavy atom. The maximum atomic E-state index is 5.72. The predicted molar refractivity (Wildman–Crippen MR) is 63.2 cm³/mol. The Kier molecular flexibility index (Phi) is 3.28. The third-order valence-electron chi connectivity index (χ3n) is 1.76. The molecule has 0 aromatic rings. The van der Waals surface area contributed by atoms with Crippen LogP contribution in [0.1, 0.15) is 0 Å². The van der Waals surface area contributed by atoms with Crippen LogP contribution in [0.15, 0.2) is 9.98 Å². The average molecular weight is 314 g/mol. The molecule has 0 aromatic carbocycles. The SMILES string of the molecule is ClC1=NC=IC(N2CCOCC2)=N1. The summed E-state index contributed by atoms with van der Waals surface area (Å²) in [6.45, 7) is 3.43. The van der Waals surface area contributed by atoms with Crippen molar-refractivity contribution in [3.8, 4) is 0 Å². The molecule has 0 spiro atoms. The Balaban J connectivity index is 2.08. The average Bonchev–Trinajstić information content (AvgIpc) is 2.19. The molecule has 1 saturated heterocycles. The Morgan fingerprint density at radius 2 is 2.23 bits per heavy atom. The van der Waals surface area contributed by atoms with Crippen molar-refractivity contribution in [2.24, 2.45) is 9.98 Å². The monoisotopic (exact) mass is 313 g/mol. The summed E-state index contributed by atoms with van der Waals surface area (Å²) in [6.07, 6.45) is 0. The highest BCUT2D eigenvalue weighted by Gasteiger charge is 2.15. The van der Waals surface area contributed by atoms with Crippen molar-refractivity contribution in [2.75, 3.05) is 26.3 Å². The quantitative estimate of drug-likeness (QED) is 0.494. The molecule has 0 aromatic heterocycles. The van der Waals surface area contributed by atoms with E-state index in [1.54, 1.807) is 0 Å². The fourth-order valence-corrected chi connectivity index (χ4v) is 3.46. The van der Waals surface area contributed by atoms with Gasteiger partial charge in [-0.25, -0.2) is 4.99 Å². The van der Waals surface area contributed by atoms with Gasteiger partial charge < -0.3 is 9.64 Å². The molecule has 2 aliphatic heterocycles. The van der Waals surface area contributed by atoms with E-state index in [2.05, 4.69) is 14.9 Å². The van der Waals surface area contributed by atoms with E-state index >= 15 is 0 Å². The van der Waals surface area contributed by atoms with Gasteiger partial charge in [0, 0.05) is 13.1 Å². The lowest BCUT2D eigenvalue weighted by atomic mass is 10.5. The summed E-state index contributed by atoms with van der Waals surface area (Å²) in [5.74, 6) is 0. The van der Waals surface area contributed by atoms with E-state index in [4.69, 9.17) is 16.3 Å². The summed E-state index contributed by atoms with van der Waals surface area (Å²) in [5.41, 5.74) is 0. The Labute approximate surface area is 91.4 Å². The first kappa shape index (κ1) is 9.54. The lowest BCUT2D eigenvalue weighted by Gasteiger charge is -2.28. The van der Waals surface area contributed by atoms with Crippen molar-refractivity contribution < 1.29 is 4.74 Å². The van der Waals surface area contributed by atoms with Crippen LogP contribution < -0.4 is 0 Å². The van der Waals surface area contributed by atoms with Crippen LogP contribution in [0.2, 0.25) is 0 Å². The smallest absolute Gasteiger partial charge is 0.225 e. The van der Waals surface area contributed by atoms with Crippen LogP contribution in [0.25, 0.3) is 0 Å². The van der Waals surface area contributed by atoms with Crippen LogP contribution in [0.4, 0.5) is 0 Å². The molecule has 4 nitrogen and oxygen atoms in total. The molecule has 2 heterocycles. The van der Waals surface area contributed by atoms with E-state index in [-0.39, 0.29) is 20.7 Å². The minimum absolute atomic E-state index is 0.180. The molecule has 72 valence electrons. The van der Waals surface area contributed by atoms with Crippen molar-refractivity contribution in [1.82, 2.24) is 4.90 Å². The van der Waals surface area contributed by atoms with Crippen LogP contribution in [0, 0.1) is 0 Å². The minimum Gasteiger partial charge on any atom is -0.378 e. The summed E-state index contributed by atoms with van der Waals surface area (Å²) >= 11 is 5.54. The van der Waals surface area contributed by atoms with Crippen LogP contribution in [-0.2, 0) is 4.74 Å². The number of amidine groups is 2. The second-order valence-corrected chi connectivity index (χ2v) is 5.07. The topological polar surface area (TPSA) is 37.2 Å². The predicted octanol–water partition coefficient (Wildman–Crippen LogP) is 1.01. The maximum absolute atomic E-state index is 5.72. The second kappa shape index (κ2) is 4.47. The summed E-state index contributed by atoms with van der Waals surface area (Å²) in [4.78, 5) is 10.4. The Bertz CT molecular complexity index is 283. The molecule has 0 aliphatic carbocycles. The molecule has 0 amide bonds. The first-order valence-corrected chi connectivity index (χ1v) is 6.66. The lowest BCUT2D eigenvalue weighted by Crippen LogP contribution is -2.39. The van der Waals surface area contributed by atoms with Gasteiger partial charge >= 0.3 is 0 Å². The number of halogens is 2. The van der Waals surface area contributed by atoms with Crippen LogP contribution in [0.5, 0.6) is 0 Å². The van der Waals surface area contributed by atoms with Crippen molar-refractivity contribution in [1.29, 1.82) is 0 Å². The van der Waals surface area contributed by atoms with Gasteiger partial charge in [-0.1, -0.05) is 0 Å². The molecule has 6 heteroatoms. The molecule has 13 heavy (non-hydrogen) atoms. The highest BCUT2D eigenvalue weighted by Crippen LogP contribution is 2.13. The third kappa shape index (κ3) is 2.47. The lowest BCUT2D eigenvalue weighted by molar-refractivity contribution is 0.0697. The van der Waals surface area contributed by atoms with Gasteiger partial charge in [-0.3, -0.25) is 0 Å². The molecule has 2 aliphatic rings. The number of hydrogen-bond donors (Lipinski definition) is 0. The van der Waals surface area contributed by atoms with Gasteiger partial charge in [-0.05, 0) is 32.3 Å². The van der Waals surface area contributed by atoms with Crippen molar-refractivity contribution in [2.45, 2.75) is 0 Å². The summed E-state index contributed by atoms with van der Waals surface area (Å²) in [6, 6.07) is 0. The zero-order valence-corrected chi connectivity index (χ0v) is 9.83. The highest BCUT2D eigenvalue weighted by molar-refractivity contribution is 14.2. The van der Waals surface area contributed by atoms with Gasteiger partial charge in [0.1, 0.15) is 0 Å². The molecule has 1 fully saturated rings. The van der Waals surface area contributed by atoms with Gasteiger partial charge in [0.15, 0.2) is 3.84 Å². The Morgan fingerprint density at radius 1 is 1.46 bits per heavy atom. The molecule has 2 rings (SSSR count). The first-order valence-electron chi connectivity index (χ1n) is 3.96. The minimum atomic E-state index is -0.180. The molecule has 0 unspecified atom stereocenters. The molecule has 0 radical (unpaired) electrons. The van der Waals surface area contributed by atoms with Crippen molar-refractivity contribution >= 4 is 45.6 Å². The number of nitrogens with zero attached hydrogens (tertiary/aromatic N) is 3. The van der Waals surface area contributed by atoms with Crippen molar-refractivity contribution in [3.05, 3.63) is 0 Å². The van der Waals surface area contributed by atoms with Gasteiger partial charge in [0.05, 0.1) is 17.3 Å². The Hall–Kier alpha value is -0.0100. The number of ether oxygens (including phenoxy) is 1. The van der Waals surface area contributed by atoms with Gasteiger partial charge in [0.25, 0.3) is 0 Å². The molecular weight excluding hydrogens is 304 g/mol. The summed E-state index contributed by atoms with van der Waals surface area (Å²) < 4.78 is 8.27. The molecule has 0 atom stereocenters. The molecular formula is C7H9ClIN3O. The highest BCUT2D eigenvalue weighted by atomic mass is 127. The van der Waals surface area contributed by atoms with Crippen molar-refractivity contribution in [3.63, 3.8) is 0 Å². The normalized spacial score (nSPS) is 23.3. The summed E-state index contributed by atoms with van der Waals surface area (Å²) in [7, 11) is 0. The number of hydrogen-bond acceptors (Lipinski definition) is 4. The summed E-state index contributed by atoms with van der Waals surface area (Å²) in [5, 5.41) is 0.354. The third-order valence-corrected chi connectivity index (χ3v) is 3.98. The van der Waals surface area contributed by atoms with Crippen LogP contribution in [-0.4, -0.2) is 44.5 Å². The van der Waals surface area contributed by atoms with Gasteiger partial charge in [-0.15, -0.1) is 0 Å². The largest absolute Gasteiger partial charge is 0.378 e. The zero-order chi connectivity index (χ0) is 9.10. The van der Waals surface area contributed by atoms with E-state index < -0.39 is 0 Å².